The Morgan fingerprint density at radius 2 is 1.62 bits per heavy atom. The fourth-order valence-electron chi connectivity index (χ4n) is 4.67. The zero-order valence-corrected chi connectivity index (χ0v) is 12.0. The molecule has 4 atom stereocenters. The van der Waals surface area contributed by atoms with E-state index in [0.717, 1.165) is 19.3 Å². The summed E-state index contributed by atoms with van der Waals surface area (Å²) in [6, 6.07) is 0. The normalized spacial score (nSPS) is 38.3. The van der Waals surface area contributed by atoms with Gasteiger partial charge in [-0.15, -0.1) is 0 Å². The van der Waals surface area contributed by atoms with Gasteiger partial charge in [-0.3, -0.25) is 19.3 Å². The number of amides is 3. The average molecular weight is 292 g/mol. The zero-order chi connectivity index (χ0) is 14.6. The van der Waals surface area contributed by atoms with E-state index in [1.807, 2.05) is 0 Å². The molecular formula is C15H20N2O4. The SMILES string of the molecule is O=C(CN1C(=O)[C@@H]2[C@H]3CC[C@@H](C3)[C@H]2C1=O)N1CCOCC1. The van der Waals surface area contributed by atoms with Gasteiger partial charge >= 0.3 is 0 Å². The van der Waals surface area contributed by atoms with Crippen LogP contribution in [0, 0.1) is 23.7 Å². The van der Waals surface area contributed by atoms with Crippen molar-refractivity contribution in [3.05, 3.63) is 0 Å². The molecule has 0 aromatic carbocycles. The third-order valence-corrected chi connectivity index (χ3v) is 5.68. The molecule has 2 saturated carbocycles. The average Bonchev–Trinajstić information content (AvgIpc) is 3.18. The highest BCUT2D eigenvalue weighted by molar-refractivity contribution is 6.08. The lowest BCUT2D eigenvalue weighted by Crippen LogP contribution is -2.47. The van der Waals surface area contributed by atoms with Gasteiger partial charge in [0.15, 0.2) is 0 Å². The number of nitrogens with zero attached hydrogens (tertiary/aromatic N) is 2. The molecule has 0 aromatic rings. The lowest BCUT2D eigenvalue weighted by atomic mass is 9.81. The van der Waals surface area contributed by atoms with E-state index in [-0.39, 0.29) is 36.1 Å². The van der Waals surface area contributed by atoms with Crippen LogP contribution in [0.25, 0.3) is 0 Å². The van der Waals surface area contributed by atoms with E-state index >= 15 is 0 Å². The molecule has 3 amide bonds. The number of morpholine rings is 1. The maximum absolute atomic E-state index is 12.5. The topological polar surface area (TPSA) is 66.9 Å². The molecule has 0 spiro atoms. The van der Waals surface area contributed by atoms with Crippen molar-refractivity contribution in [3.8, 4) is 0 Å². The molecule has 0 radical (unpaired) electrons. The zero-order valence-electron chi connectivity index (χ0n) is 12.0. The van der Waals surface area contributed by atoms with E-state index in [4.69, 9.17) is 4.74 Å². The molecule has 4 fully saturated rings. The van der Waals surface area contributed by atoms with Gasteiger partial charge in [0.1, 0.15) is 6.54 Å². The van der Waals surface area contributed by atoms with Crippen LogP contribution >= 0.6 is 0 Å². The van der Waals surface area contributed by atoms with Crippen molar-refractivity contribution in [1.82, 2.24) is 9.80 Å². The Morgan fingerprint density at radius 3 is 2.19 bits per heavy atom. The molecule has 4 aliphatic rings. The van der Waals surface area contributed by atoms with Gasteiger partial charge in [-0.2, -0.15) is 0 Å². The maximum atomic E-state index is 12.5. The Morgan fingerprint density at radius 1 is 1.05 bits per heavy atom. The molecule has 6 heteroatoms. The lowest BCUT2D eigenvalue weighted by Gasteiger charge is -2.28. The van der Waals surface area contributed by atoms with Gasteiger partial charge in [0.2, 0.25) is 17.7 Å². The van der Waals surface area contributed by atoms with Gasteiger partial charge in [-0.25, -0.2) is 0 Å². The molecule has 0 aromatic heterocycles. The third kappa shape index (κ3) is 1.92. The fourth-order valence-corrected chi connectivity index (χ4v) is 4.67. The Balaban J connectivity index is 1.47. The summed E-state index contributed by atoms with van der Waals surface area (Å²) in [7, 11) is 0. The number of fused-ring (bicyclic) bond motifs is 5. The smallest absolute Gasteiger partial charge is 0.242 e. The second-order valence-corrected chi connectivity index (χ2v) is 6.64. The predicted molar refractivity (Wildman–Crippen MR) is 71.9 cm³/mol. The molecular weight excluding hydrogens is 272 g/mol. The molecule has 2 heterocycles. The van der Waals surface area contributed by atoms with Crippen molar-refractivity contribution in [1.29, 1.82) is 0 Å². The van der Waals surface area contributed by atoms with Crippen molar-refractivity contribution < 1.29 is 19.1 Å². The first-order valence-electron chi connectivity index (χ1n) is 7.87. The first kappa shape index (κ1) is 13.2. The summed E-state index contributed by atoms with van der Waals surface area (Å²) in [6.45, 7) is 2.08. The molecule has 2 aliphatic heterocycles. The Labute approximate surface area is 123 Å². The molecule has 0 N–H and O–H groups in total. The van der Waals surface area contributed by atoms with E-state index < -0.39 is 0 Å². The maximum Gasteiger partial charge on any atom is 0.242 e. The van der Waals surface area contributed by atoms with Gasteiger partial charge in [0.05, 0.1) is 25.0 Å². The van der Waals surface area contributed by atoms with Crippen molar-refractivity contribution in [2.75, 3.05) is 32.8 Å². The molecule has 114 valence electrons. The van der Waals surface area contributed by atoms with E-state index in [1.165, 1.54) is 4.90 Å². The Hall–Kier alpha value is -1.43. The largest absolute Gasteiger partial charge is 0.378 e. The van der Waals surface area contributed by atoms with Gasteiger partial charge in [-0.1, -0.05) is 0 Å². The van der Waals surface area contributed by atoms with E-state index in [0.29, 0.717) is 38.1 Å². The van der Waals surface area contributed by atoms with E-state index in [2.05, 4.69) is 0 Å². The minimum absolute atomic E-state index is 0.0793. The first-order valence-corrected chi connectivity index (χ1v) is 7.87. The molecule has 2 saturated heterocycles. The summed E-state index contributed by atoms with van der Waals surface area (Å²) in [6.07, 6.45) is 3.16. The van der Waals surface area contributed by atoms with Gasteiger partial charge in [0, 0.05) is 13.1 Å². The highest BCUT2D eigenvalue weighted by Gasteiger charge is 2.61. The van der Waals surface area contributed by atoms with Crippen molar-refractivity contribution in [2.45, 2.75) is 19.3 Å². The molecule has 0 unspecified atom stereocenters. The minimum atomic E-state index is -0.132. The summed E-state index contributed by atoms with van der Waals surface area (Å²) in [5.74, 6) is 0.160. The molecule has 6 nitrogen and oxygen atoms in total. The summed E-state index contributed by atoms with van der Waals surface area (Å²) in [5, 5.41) is 0. The number of ether oxygens (including phenoxy) is 1. The van der Waals surface area contributed by atoms with Gasteiger partial charge in [0.25, 0.3) is 0 Å². The van der Waals surface area contributed by atoms with Crippen LogP contribution in [0.15, 0.2) is 0 Å². The van der Waals surface area contributed by atoms with Crippen LogP contribution in [0.1, 0.15) is 19.3 Å². The fraction of sp³-hybridized carbons (Fsp3) is 0.800. The van der Waals surface area contributed by atoms with Gasteiger partial charge < -0.3 is 9.64 Å². The lowest BCUT2D eigenvalue weighted by molar-refractivity contribution is -0.148. The first-order chi connectivity index (χ1) is 10.2. The van der Waals surface area contributed by atoms with Crippen LogP contribution in [-0.2, 0) is 19.1 Å². The summed E-state index contributed by atoms with van der Waals surface area (Å²) >= 11 is 0. The van der Waals surface area contributed by atoms with E-state index in [9.17, 15) is 14.4 Å². The van der Waals surface area contributed by atoms with Crippen LogP contribution in [0.2, 0.25) is 0 Å². The van der Waals surface area contributed by atoms with Crippen molar-refractivity contribution in [3.63, 3.8) is 0 Å². The molecule has 2 bridgehead atoms. The second-order valence-electron chi connectivity index (χ2n) is 6.64. The van der Waals surface area contributed by atoms with Crippen LogP contribution in [0.5, 0.6) is 0 Å². The van der Waals surface area contributed by atoms with Crippen LogP contribution in [0.4, 0.5) is 0 Å². The monoisotopic (exact) mass is 292 g/mol. The predicted octanol–water partition coefficient (Wildman–Crippen LogP) is -0.124. The standard InChI is InChI=1S/C15H20N2O4/c18-11(16-3-5-21-6-4-16)8-17-14(19)12-9-1-2-10(7-9)13(12)15(17)20/h9-10,12-13H,1-8H2/t9-,10-,12+,13+/m0/s1. The van der Waals surface area contributed by atoms with Crippen LogP contribution < -0.4 is 0 Å². The highest BCUT2D eigenvalue weighted by atomic mass is 16.5. The number of rotatable bonds is 2. The number of imide groups is 1. The summed E-state index contributed by atoms with van der Waals surface area (Å²) < 4.78 is 5.22. The van der Waals surface area contributed by atoms with Gasteiger partial charge in [-0.05, 0) is 31.1 Å². The number of carbonyl (C=O) groups excluding carboxylic acids is 3. The minimum Gasteiger partial charge on any atom is -0.378 e. The quantitative estimate of drug-likeness (QED) is 0.665. The number of hydrogen-bond acceptors (Lipinski definition) is 4. The molecule has 4 rings (SSSR count). The Kier molecular flexibility index (Phi) is 3.03. The Bertz CT molecular complexity index is 472. The number of likely N-dealkylation sites (tertiary alicyclic amines) is 1. The van der Waals surface area contributed by atoms with Crippen LogP contribution in [0.3, 0.4) is 0 Å². The molecule has 21 heavy (non-hydrogen) atoms. The van der Waals surface area contributed by atoms with Crippen molar-refractivity contribution >= 4 is 17.7 Å². The third-order valence-electron chi connectivity index (χ3n) is 5.68. The van der Waals surface area contributed by atoms with Crippen LogP contribution in [-0.4, -0.2) is 60.4 Å². The van der Waals surface area contributed by atoms with E-state index in [1.54, 1.807) is 4.90 Å². The second kappa shape index (κ2) is 4.80. The summed E-state index contributed by atoms with van der Waals surface area (Å²) in [5.41, 5.74) is 0. The number of carbonyl (C=O) groups is 3. The van der Waals surface area contributed by atoms with Crippen molar-refractivity contribution in [2.24, 2.45) is 23.7 Å². The highest BCUT2D eigenvalue weighted by Crippen LogP contribution is 2.56. The number of hydrogen-bond donors (Lipinski definition) is 0. The summed E-state index contributed by atoms with van der Waals surface area (Å²) in [4.78, 5) is 40.2. The molecule has 2 aliphatic carbocycles.